The van der Waals surface area contributed by atoms with E-state index in [1.807, 2.05) is 50.5 Å². The fourth-order valence-electron chi connectivity index (χ4n) is 4.48. The summed E-state index contributed by atoms with van der Waals surface area (Å²) in [5, 5.41) is 6.40. The average molecular weight is 443 g/mol. The predicted molar refractivity (Wildman–Crippen MR) is 126 cm³/mol. The molecule has 0 radical (unpaired) electrons. The molecule has 9 heteroatoms. The molecule has 1 aliphatic rings. The molecule has 3 aromatic heterocycles. The summed E-state index contributed by atoms with van der Waals surface area (Å²) < 4.78 is 2.04. The van der Waals surface area contributed by atoms with E-state index in [0.717, 1.165) is 39.5 Å². The van der Waals surface area contributed by atoms with Crippen LogP contribution in [0.15, 0.2) is 36.9 Å². The molecule has 0 fully saturated rings. The van der Waals surface area contributed by atoms with E-state index in [9.17, 15) is 4.79 Å². The number of hydrogen-bond donors (Lipinski definition) is 2. The van der Waals surface area contributed by atoms with Crippen LogP contribution in [0.1, 0.15) is 39.1 Å². The normalized spacial score (nSPS) is 17.6. The lowest BCUT2D eigenvalue weighted by molar-refractivity contribution is -0.121. The van der Waals surface area contributed by atoms with Crippen molar-refractivity contribution in [2.24, 2.45) is 0 Å². The number of amides is 1. The largest absolute Gasteiger partial charge is 0.324 e. The van der Waals surface area contributed by atoms with E-state index < -0.39 is 5.54 Å². The van der Waals surface area contributed by atoms with E-state index >= 15 is 0 Å². The summed E-state index contributed by atoms with van der Waals surface area (Å²) in [5.41, 5.74) is 4.75. The minimum atomic E-state index is -0.821. The summed E-state index contributed by atoms with van der Waals surface area (Å²) in [6.07, 6.45) is 5.11. The molecule has 33 heavy (non-hydrogen) atoms. The van der Waals surface area contributed by atoms with Crippen LogP contribution in [0.5, 0.6) is 0 Å². The molecule has 5 rings (SSSR count). The van der Waals surface area contributed by atoms with Gasteiger partial charge in [0.05, 0.1) is 5.56 Å². The Labute approximate surface area is 191 Å². The number of nitrogens with one attached hydrogen (secondary N) is 2. The Bertz CT molecular complexity index is 1380. The molecule has 0 aliphatic carbocycles. The van der Waals surface area contributed by atoms with Gasteiger partial charge in [-0.15, -0.1) is 0 Å². The molecule has 168 valence electrons. The summed E-state index contributed by atoms with van der Waals surface area (Å²) in [7, 11) is 0. The van der Waals surface area contributed by atoms with Crippen LogP contribution in [0.4, 0.5) is 5.69 Å². The number of fused-ring (bicyclic) bond motifs is 2. The third-order valence-electron chi connectivity index (χ3n) is 6.00. The smallest absolute Gasteiger partial charge is 0.249 e. The highest BCUT2D eigenvalue weighted by molar-refractivity contribution is 6.06. The summed E-state index contributed by atoms with van der Waals surface area (Å²) in [6, 6.07) is 6.04. The third kappa shape index (κ3) is 3.36. The Hall–Kier alpha value is -3.72. The second-order valence-electron chi connectivity index (χ2n) is 8.73. The number of benzene rings is 1. The van der Waals surface area contributed by atoms with Gasteiger partial charge in [-0.25, -0.2) is 24.9 Å². The van der Waals surface area contributed by atoms with E-state index in [-0.39, 0.29) is 11.9 Å². The fraction of sp³-hybridized carbons (Fsp3) is 0.333. The van der Waals surface area contributed by atoms with Crippen molar-refractivity contribution in [3.8, 4) is 22.6 Å². The molecule has 1 aromatic carbocycles. The van der Waals surface area contributed by atoms with Crippen molar-refractivity contribution >= 4 is 22.8 Å². The van der Waals surface area contributed by atoms with Crippen LogP contribution in [0.25, 0.3) is 33.8 Å². The zero-order chi connectivity index (χ0) is 23.3. The zero-order valence-corrected chi connectivity index (χ0v) is 19.3. The van der Waals surface area contributed by atoms with E-state index in [4.69, 9.17) is 4.98 Å². The number of rotatable bonds is 5. The molecule has 2 N–H and O–H groups in total. The SMILES string of the molecule is CCn1c(-c2cnc(C)nc2)nc2c(-c3ccc4c(c3)[C@@](C)(NC(C)C)C(=O)N4)ncnc21. The van der Waals surface area contributed by atoms with E-state index in [1.54, 1.807) is 18.7 Å². The van der Waals surface area contributed by atoms with E-state index in [1.165, 1.54) is 0 Å². The monoisotopic (exact) mass is 442 g/mol. The molecule has 0 spiro atoms. The number of aromatic nitrogens is 6. The Balaban J connectivity index is 1.68. The highest BCUT2D eigenvalue weighted by Crippen LogP contribution is 2.39. The van der Waals surface area contributed by atoms with E-state index in [0.29, 0.717) is 17.9 Å². The maximum absolute atomic E-state index is 12.8. The van der Waals surface area contributed by atoms with Gasteiger partial charge in [0.1, 0.15) is 34.7 Å². The molecule has 0 bridgehead atoms. The fourth-order valence-corrected chi connectivity index (χ4v) is 4.48. The van der Waals surface area contributed by atoms with Crippen molar-refractivity contribution in [2.75, 3.05) is 5.32 Å². The van der Waals surface area contributed by atoms with Gasteiger partial charge in [-0.05, 0) is 46.8 Å². The van der Waals surface area contributed by atoms with Gasteiger partial charge in [0.15, 0.2) is 5.65 Å². The standard InChI is InChI=1S/C24H26N8O/c1-6-32-21(16-10-25-14(4)26-11-16)30-20-19(27-12-28-22(20)32)15-7-8-18-17(9-15)24(5,23(33)29-18)31-13(2)3/h7-13,31H,6H2,1-5H3,(H,29,33)/t24-/m1/s1. The Morgan fingerprint density at radius 3 is 2.58 bits per heavy atom. The van der Waals surface area contributed by atoms with Crippen molar-refractivity contribution in [2.45, 2.75) is 52.7 Å². The van der Waals surface area contributed by atoms with Gasteiger partial charge in [0.2, 0.25) is 5.91 Å². The zero-order valence-electron chi connectivity index (χ0n) is 19.3. The third-order valence-corrected chi connectivity index (χ3v) is 6.00. The van der Waals surface area contributed by atoms with Gasteiger partial charge in [-0.3, -0.25) is 10.1 Å². The Kier molecular flexibility index (Phi) is 4.93. The maximum Gasteiger partial charge on any atom is 0.249 e. The molecular formula is C24H26N8O. The topological polar surface area (TPSA) is 111 Å². The van der Waals surface area contributed by atoms with Crippen molar-refractivity contribution < 1.29 is 4.79 Å². The maximum atomic E-state index is 12.8. The first-order chi connectivity index (χ1) is 15.8. The lowest BCUT2D eigenvalue weighted by Crippen LogP contribution is -2.48. The Morgan fingerprint density at radius 1 is 1.12 bits per heavy atom. The second-order valence-corrected chi connectivity index (χ2v) is 8.73. The molecule has 4 aromatic rings. The van der Waals surface area contributed by atoms with Gasteiger partial charge in [0, 0.05) is 41.8 Å². The summed E-state index contributed by atoms with van der Waals surface area (Å²) in [4.78, 5) is 35.5. The number of imidazole rings is 1. The molecule has 0 saturated carbocycles. The highest BCUT2D eigenvalue weighted by atomic mass is 16.2. The number of aryl methyl sites for hydroxylation is 2. The number of carbonyl (C=O) groups excluding carboxylic acids is 1. The van der Waals surface area contributed by atoms with Crippen LogP contribution in [-0.4, -0.2) is 41.4 Å². The molecular weight excluding hydrogens is 416 g/mol. The molecule has 1 aliphatic heterocycles. The molecule has 1 amide bonds. The van der Waals surface area contributed by atoms with Crippen LogP contribution < -0.4 is 10.6 Å². The predicted octanol–water partition coefficient (Wildman–Crippen LogP) is 3.44. The Morgan fingerprint density at radius 2 is 1.88 bits per heavy atom. The van der Waals surface area contributed by atoms with Crippen LogP contribution >= 0.6 is 0 Å². The van der Waals surface area contributed by atoms with Gasteiger partial charge >= 0.3 is 0 Å². The highest BCUT2D eigenvalue weighted by Gasteiger charge is 2.43. The van der Waals surface area contributed by atoms with Gasteiger partial charge < -0.3 is 9.88 Å². The molecule has 0 saturated heterocycles. The molecule has 1 atom stereocenters. The average Bonchev–Trinajstić information content (AvgIpc) is 3.28. The first kappa shape index (κ1) is 21.1. The van der Waals surface area contributed by atoms with Crippen molar-refractivity contribution in [3.05, 3.63) is 48.3 Å². The van der Waals surface area contributed by atoms with Crippen molar-refractivity contribution in [3.63, 3.8) is 0 Å². The number of carbonyl (C=O) groups is 1. The van der Waals surface area contributed by atoms with Gasteiger partial charge in [0.25, 0.3) is 0 Å². The van der Waals surface area contributed by atoms with Crippen molar-refractivity contribution in [1.29, 1.82) is 0 Å². The van der Waals surface area contributed by atoms with Gasteiger partial charge in [-0.2, -0.15) is 0 Å². The van der Waals surface area contributed by atoms with Crippen LogP contribution in [0, 0.1) is 6.92 Å². The molecule has 0 unspecified atom stereocenters. The molecule has 9 nitrogen and oxygen atoms in total. The van der Waals surface area contributed by atoms with Crippen molar-refractivity contribution in [1.82, 2.24) is 34.8 Å². The minimum absolute atomic E-state index is 0.0619. The van der Waals surface area contributed by atoms with Crippen LogP contribution in [0.3, 0.4) is 0 Å². The summed E-state index contributed by atoms with van der Waals surface area (Å²) in [6.45, 7) is 10.6. The minimum Gasteiger partial charge on any atom is -0.324 e. The van der Waals surface area contributed by atoms with Gasteiger partial charge in [-0.1, -0.05) is 6.07 Å². The number of anilines is 1. The molecule has 4 heterocycles. The summed E-state index contributed by atoms with van der Waals surface area (Å²) in [5.74, 6) is 1.39. The summed E-state index contributed by atoms with van der Waals surface area (Å²) >= 11 is 0. The lowest BCUT2D eigenvalue weighted by Gasteiger charge is -2.26. The number of nitrogens with zero attached hydrogens (tertiary/aromatic N) is 6. The second kappa shape index (κ2) is 7.70. The first-order valence-electron chi connectivity index (χ1n) is 11.1. The number of hydrogen-bond acceptors (Lipinski definition) is 7. The first-order valence-corrected chi connectivity index (χ1v) is 11.1. The lowest BCUT2D eigenvalue weighted by atomic mass is 9.91. The van der Waals surface area contributed by atoms with E-state index in [2.05, 4.69) is 37.5 Å². The van der Waals surface area contributed by atoms with Crippen LogP contribution in [0.2, 0.25) is 0 Å². The van der Waals surface area contributed by atoms with Crippen LogP contribution in [-0.2, 0) is 16.9 Å². The quantitative estimate of drug-likeness (QED) is 0.487.